The Morgan fingerprint density at radius 3 is 2.44 bits per heavy atom. The van der Waals surface area contributed by atoms with E-state index >= 15 is 0 Å². The highest BCUT2D eigenvalue weighted by Gasteiger charge is 2.17. The fourth-order valence-electron chi connectivity index (χ4n) is 4.54. The molecule has 1 aromatic heterocycles. The van der Waals surface area contributed by atoms with E-state index in [1.165, 1.54) is 25.9 Å². The third-order valence-corrected chi connectivity index (χ3v) is 7.03. The average Bonchev–Trinajstić information content (AvgIpc) is 3.34. The van der Waals surface area contributed by atoms with E-state index in [0.29, 0.717) is 29.2 Å². The smallest absolute Gasteiger partial charge is 0.344 e. The van der Waals surface area contributed by atoms with Crippen LogP contribution in [0.2, 0.25) is 5.02 Å². The SMILES string of the molecule is O=c1oc2cc(Br)ccc2c(Cc2ccc(OCCN3CCCC3)cc2)c1-c1ccc(Cl)cc1. The van der Waals surface area contributed by atoms with Crippen LogP contribution in [0.15, 0.2) is 80.4 Å². The number of benzene rings is 3. The molecule has 1 aliphatic rings. The van der Waals surface area contributed by atoms with Crippen molar-refractivity contribution in [1.29, 1.82) is 0 Å². The monoisotopic (exact) mass is 537 g/mol. The van der Waals surface area contributed by atoms with Gasteiger partial charge in [0.15, 0.2) is 0 Å². The lowest BCUT2D eigenvalue weighted by molar-refractivity contribution is 0.238. The predicted molar refractivity (Wildman–Crippen MR) is 141 cm³/mol. The second kappa shape index (κ2) is 10.3. The average molecular weight is 539 g/mol. The fraction of sp³-hybridized carbons (Fsp3) is 0.250. The number of rotatable bonds is 7. The number of hydrogen-bond acceptors (Lipinski definition) is 4. The first-order valence-corrected chi connectivity index (χ1v) is 12.7. The van der Waals surface area contributed by atoms with Crippen LogP contribution in [0.5, 0.6) is 5.75 Å². The van der Waals surface area contributed by atoms with Crippen LogP contribution in [0.4, 0.5) is 0 Å². The molecule has 1 aliphatic heterocycles. The lowest BCUT2D eigenvalue weighted by Crippen LogP contribution is -2.25. The van der Waals surface area contributed by atoms with E-state index < -0.39 is 0 Å². The van der Waals surface area contributed by atoms with Crippen molar-refractivity contribution in [1.82, 2.24) is 4.90 Å². The van der Waals surface area contributed by atoms with E-state index in [0.717, 1.165) is 38.8 Å². The fourth-order valence-corrected chi connectivity index (χ4v) is 5.00. The molecular weight excluding hydrogens is 514 g/mol. The van der Waals surface area contributed by atoms with Gasteiger partial charge in [-0.05, 0) is 91.5 Å². The maximum Gasteiger partial charge on any atom is 0.344 e. The Kier molecular flexibility index (Phi) is 7.05. The summed E-state index contributed by atoms with van der Waals surface area (Å²) in [4.78, 5) is 15.5. The van der Waals surface area contributed by atoms with Gasteiger partial charge < -0.3 is 9.15 Å². The van der Waals surface area contributed by atoms with Crippen LogP contribution in [0, 0.1) is 0 Å². The molecule has 6 heteroatoms. The van der Waals surface area contributed by atoms with Gasteiger partial charge in [-0.15, -0.1) is 0 Å². The van der Waals surface area contributed by atoms with E-state index in [1.807, 2.05) is 42.5 Å². The van der Waals surface area contributed by atoms with Crippen molar-refractivity contribution in [3.05, 3.63) is 97.8 Å². The number of ether oxygens (including phenoxy) is 1. The summed E-state index contributed by atoms with van der Waals surface area (Å²) in [7, 11) is 0. The van der Waals surface area contributed by atoms with E-state index in [4.69, 9.17) is 20.8 Å². The summed E-state index contributed by atoms with van der Waals surface area (Å²) >= 11 is 9.56. The first-order chi connectivity index (χ1) is 16.6. The molecule has 34 heavy (non-hydrogen) atoms. The molecule has 0 N–H and O–H groups in total. The molecule has 0 radical (unpaired) electrons. The topological polar surface area (TPSA) is 42.7 Å². The molecule has 1 fully saturated rings. The highest BCUT2D eigenvalue weighted by Crippen LogP contribution is 2.32. The molecule has 0 saturated carbocycles. The number of halogens is 2. The summed E-state index contributed by atoms with van der Waals surface area (Å²) in [5.41, 5.74) is 3.59. The molecule has 3 aromatic carbocycles. The Bertz CT molecular complexity index is 1340. The largest absolute Gasteiger partial charge is 0.492 e. The molecule has 0 amide bonds. The van der Waals surface area contributed by atoms with Gasteiger partial charge in [0.2, 0.25) is 0 Å². The van der Waals surface area contributed by atoms with Crippen molar-refractivity contribution in [3.63, 3.8) is 0 Å². The Hall–Kier alpha value is -2.60. The maximum absolute atomic E-state index is 13.1. The molecule has 0 aliphatic carbocycles. The van der Waals surface area contributed by atoms with Crippen molar-refractivity contribution in [3.8, 4) is 16.9 Å². The molecule has 5 rings (SSSR count). The van der Waals surface area contributed by atoms with Crippen LogP contribution < -0.4 is 10.4 Å². The zero-order valence-corrected chi connectivity index (χ0v) is 21.1. The Balaban J connectivity index is 1.44. The maximum atomic E-state index is 13.1. The predicted octanol–water partition coefficient (Wildman–Crippen LogP) is 6.94. The van der Waals surface area contributed by atoms with Gasteiger partial charge in [-0.1, -0.05) is 51.8 Å². The van der Waals surface area contributed by atoms with Gasteiger partial charge in [0.05, 0.1) is 5.56 Å². The minimum atomic E-state index is -0.357. The second-order valence-corrected chi connectivity index (χ2v) is 9.96. The number of hydrogen-bond donors (Lipinski definition) is 0. The lowest BCUT2D eigenvalue weighted by Gasteiger charge is -2.15. The van der Waals surface area contributed by atoms with E-state index in [1.54, 1.807) is 12.1 Å². The Labute approximate surface area is 212 Å². The first-order valence-electron chi connectivity index (χ1n) is 11.5. The Morgan fingerprint density at radius 1 is 0.971 bits per heavy atom. The molecule has 4 nitrogen and oxygen atoms in total. The van der Waals surface area contributed by atoms with Gasteiger partial charge in [0, 0.05) is 21.4 Å². The highest BCUT2D eigenvalue weighted by atomic mass is 79.9. The van der Waals surface area contributed by atoms with Crippen molar-refractivity contribution in [2.45, 2.75) is 19.3 Å². The van der Waals surface area contributed by atoms with Crippen LogP contribution in [0.1, 0.15) is 24.0 Å². The van der Waals surface area contributed by atoms with Gasteiger partial charge in [-0.25, -0.2) is 4.79 Å². The second-order valence-electron chi connectivity index (χ2n) is 8.61. The van der Waals surface area contributed by atoms with E-state index in [9.17, 15) is 4.79 Å². The zero-order chi connectivity index (χ0) is 23.5. The number of likely N-dealkylation sites (tertiary alicyclic amines) is 1. The Morgan fingerprint density at radius 2 is 1.71 bits per heavy atom. The van der Waals surface area contributed by atoms with Crippen molar-refractivity contribution < 1.29 is 9.15 Å². The summed E-state index contributed by atoms with van der Waals surface area (Å²) in [6.07, 6.45) is 3.17. The molecule has 4 aromatic rings. The van der Waals surface area contributed by atoms with Gasteiger partial charge in [0.25, 0.3) is 0 Å². The molecule has 174 valence electrons. The summed E-state index contributed by atoms with van der Waals surface area (Å²) in [6.45, 7) is 4.01. The van der Waals surface area contributed by atoms with Crippen molar-refractivity contribution in [2.75, 3.05) is 26.2 Å². The third kappa shape index (κ3) is 5.22. The molecule has 0 bridgehead atoms. The molecular formula is C28H25BrClNO3. The summed E-state index contributed by atoms with van der Waals surface area (Å²) in [6, 6.07) is 21.2. The van der Waals surface area contributed by atoms with Crippen LogP contribution in [0.3, 0.4) is 0 Å². The van der Waals surface area contributed by atoms with Gasteiger partial charge >= 0.3 is 5.63 Å². The minimum absolute atomic E-state index is 0.357. The normalized spacial score (nSPS) is 14.1. The van der Waals surface area contributed by atoms with Crippen LogP contribution in [0.25, 0.3) is 22.1 Å². The molecule has 0 atom stereocenters. The van der Waals surface area contributed by atoms with Crippen molar-refractivity contribution >= 4 is 38.5 Å². The first kappa shape index (κ1) is 23.2. The van der Waals surface area contributed by atoms with Gasteiger partial charge in [0.1, 0.15) is 17.9 Å². The summed E-state index contributed by atoms with van der Waals surface area (Å²) < 4.78 is 12.5. The minimum Gasteiger partial charge on any atom is -0.492 e. The van der Waals surface area contributed by atoms with Crippen LogP contribution in [-0.2, 0) is 6.42 Å². The third-order valence-electron chi connectivity index (χ3n) is 6.29. The van der Waals surface area contributed by atoms with Gasteiger partial charge in [-0.2, -0.15) is 0 Å². The standard InChI is InChI=1S/C28H25BrClNO3/c29-21-7-12-24-25(27(28(32)34-26(24)18-21)20-5-8-22(30)9-6-20)17-19-3-10-23(11-4-19)33-16-15-31-13-1-2-14-31/h3-12,18H,1-2,13-17H2. The van der Waals surface area contributed by atoms with Crippen LogP contribution in [-0.4, -0.2) is 31.1 Å². The molecule has 1 saturated heterocycles. The zero-order valence-electron chi connectivity index (χ0n) is 18.7. The molecule has 0 spiro atoms. The number of fused-ring (bicyclic) bond motifs is 1. The highest BCUT2D eigenvalue weighted by molar-refractivity contribution is 9.10. The quantitative estimate of drug-likeness (QED) is 0.239. The van der Waals surface area contributed by atoms with Crippen LogP contribution >= 0.6 is 27.5 Å². The summed E-state index contributed by atoms with van der Waals surface area (Å²) in [5, 5.41) is 1.54. The van der Waals surface area contributed by atoms with Crippen molar-refractivity contribution in [2.24, 2.45) is 0 Å². The molecule has 2 heterocycles. The molecule has 0 unspecified atom stereocenters. The van der Waals surface area contributed by atoms with Gasteiger partial charge in [-0.3, -0.25) is 4.90 Å². The lowest BCUT2D eigenvalue weighted by atomic mass is 9.93. The summed E-state index contributed by atoms with van der Waals surface area (Å²) in [5.74, 6) is 0.863. The number of nitrogens with zero attached hydrogens (tertiary/aromatic N) is 1. The van der Waals surface area contributed by atoms with E-state index in [-0.39, 0.29) is 5.63 Å². The van der Waals surface area contributed by atoms with E-state index in [2.05, 4.69) is 33.0 Å².